The minimum atomic E-state index is -0.642. The first-order valence-corrected chi connectivity index (χ1v) is 6.38. The van der Waals surface area contributed by atoms with Gasteiger partial charge in [0.05, 0.1) is 5.39 Å². The van der Waals surface area contributed by atoms with Crippen LogP contribution in [0, 0.1) is 11.6 Å². The van der Waals surface area contributed by atoms with Gasteiger partial charge in [-0.2, -0.15) is 0 Å². The quantitative estimate of drug-likeness (QED) is 0.448. The number of rotatable bonds is 0. The summed E-state index contributed by atoms with van der Waals surface area (Å²) in [7, 11) is 0. The van der Waals surface area contributed by atoms with Gasteiger partial charge in [0, 0.05) is 5.39 Å². The molecule has 0 aliphatic carbocycles. The molecule has 0 amide bonds. The van der Waals surface area contributed by atoms with Gasteiger partial charge in [-0.25, -0.2) is 8.78 Å². The van der Waals surface area contributed by atoms with Crippen molar-refractivity contribution in [1.29, 1.82) is 0 Å². The first-order valence-electron chi connectivity index (χ1n) is 6.38. The van der Waals surface area contributed by atoms with E-state index in [9.17, 15) is 13.6 Å². The Balaban J connectivity index is 2.29. The Bertz CT molecular complexity index is 1080. The zero-order valence-corrected chi connectivity index (χ0v) is 10.7. The molecule has 2 nitrogen and oxygen atoms in total. The van der Waals surface area contributed by atoms with E-state index < -0.39 is 17.1 Å². The first-order chi connectivity index (χ1) is 10.1. The number of halogens is 2. The second kappa shape index (κ2) is 4.12. The largest absolute Gasteiger partial charge is 0.456 e. The molecule has 4 aromatic rings. The molecule has 0 bridgehead atoms. The van der Waals surface area contributed by atoms with Crippen molar-refractivity contribution in [2.75, 3.05) is 0 Å². The van der Waals surface area contributed by atoms with Crippen LogP contribution in [-0.4, -0.2) is 0 Å². The van der Waals surface area contributed by atoms with Gasteiger partial charge in [0.2, 0.25) is 5.43 Å². The van der Waals surface area contributed by atoms with Gasteiger partial charge in [0.15, 0.2) is 0 Å². The van der Waals surface area contributed by atoms with Crippen molar-refractivity contribution < 1.29 is 13.2 Å². The van der Waals surface area contributed by atoms with E-state index in [-0.39, 0.29) is 16.4 Å². The lowest BCUT2D eigenvalue weighted by Gasteiger charge is -2.05. The summed E-state index contributed by atoms with van der Waals surface area (Å²) in [6, 6.07) is 11.9. The molecular formula is C17H8F2O2. The summed E-state index contributed by atoms with van der Waals surface area (Å²) in [5, 5.41) is 1.00. The zero-order chi connectivity index (χ0) is 14.6. The van der Waals surface area contributed by atoms with Gasteiger partial charge in [0.1, 0.15) is 28.2 Å². The van der Waals surface area contributed by atoms with Gasteiger partial charge < -0.3 is 4.42 Å². The second-order valence-corrected chi connectivity index (χ2v) is 4.85. The normalized spacial score (nSPS) is 11.5. The van der Waals surface area contributed by atoms with Crippen LogP contribution in [0.2, 0.25) is 0 Å². The fourth-order valence-electron chi connectivity index (χ4n) is 2.59. The van der Waals surface area contributed by atoms with Crippen LogP contribution >= 0.6 is 0 Å². The summed E-state index contributed by atoms with van der Waals surface area (Å²) in [5.74, 6) is -1.07. The summed E-state index contributed by atoms with van der Waals surface area (Å²) < 4.78 is 33.3. The Hall–Kier alpha value is -2.75. The summed E-state index contributed by atoms with van der Waals surface area (Å²) >= 11 is 0. The molecule has 0 atom stereocenters. The van der Waals surface area contributed by atoms with Crippen LogP contribution < -0.4 is 5.43 Å². The Kier molecular flexibility index (Phi) is 2.36. The highest BCUT2D eigenvalue weighted by atomic mass is 19.1. The summed E-state index contributed by atoms with van der Waals surface area (Å²) in [4.78, 5) is 12.4. The van der Waals surface area contributed by atoms with E-state index in [2.05, 4.69) is 0 Å². The topological polar surface area (TPSA) is 30.2 Å². The molecule has 4 heteroatoms. The smallest absolute Gasteiger partial charge is 0.203 e. The summed E-state index contributed by atoms with van der Waals surface area (Å²) in [6.45, 7) is 0. The molecule has 0 fully saturated rings. The molecule has 21 heavy (non-hydrogen) atoms. The molecule has 0 saturated carbocycles. The van der Waals surface area contributed by atoms with Gasteiger partial charge >= 0.3 is 0 Å². The van der Waals surface area contributed by atoms with Crippen molar-refractivity contribution in [1.82, 2.24) is 0 Å². The molecule has 1 heterocycles. The maximum absolute atomic E-state index is 13.8. The Labute approximate surface area is 117 Å². The second-order valence-electron chi connectivity index (χ2n) is 4.85. The lowest BCUT2D eigenvalue weighted by Crippen LogP contribution is -2.04. The van der Waals surface area contributed by atoms with E-state index in [4.69, 9.17) is 4.42 Å². The summed E-state index contributed by atoms with van der Waals surface area (Å²) in [5.41, 5.74) is 0.00829. The molecule has 0 spiro atoms. The van der Waals surface area contributed by atoms with E-state index >= 15 is 0 Å². The SMILES string of the molecule is O=c1c2cc3c(F)cccc3cc2oc2cccc(F)c12. The van der Waals surface area contributed by atoms with Gasteiger partial charge in [0.25, 0.3) is 0 Å². The van der Waals surface area contributed by atoms with Gasteiger partial charge in [-0.05, 0) is 35.7 Å². The van der Waals surface area contributed by atoms with Crippen molar-refractivity contribution >= 4 is 32.7 Å². The van der Waals surface area contributed by atoms with Crippen LogP contribution in [0.15, 0.2) is 57.7 Å². The fraction of sp³-hybridized carbons (Fsp3) is 0. The van der Waals surface area contributed by atoms with E-state index in [0.29, 0.717) is 16.4 Å². The zero-order valence-electron chi connectivity index (χ0n) is 10.7. The van der Waals surface area contributed by atoms with E-state index in [1.807, 2.05) is 0 Å². The maximum Gasteiger partial charge on any atom is 0.203 e. The van der Waals surface area contributed by atoms with E-state index in [0.717, 1.165) is 0 Å². The molecule has 0 N–H and O–H groups in total. The molecule has 102 valence electrons. The molecule has 0 radical (unpaired) electrons. The van der Waals surface area contributed by atoms with Crippen molar-refractivity contribution in [2.45, 2.75) is 0 Å². The van der Waals surface area contributed by atoms with E-state index in [1.54, 1.807) is 18.2 Å². The standard InChI is InChI=1S/C17H8F2O2/c18-12-4-1-3-9-7-15-11(8-10(9)12)17(20)16-13(19)5-2-6-14(16)21-15/h1-8H. The van der Waals surface area contributed by atoms with Crippen molar-refractivity contribution in [2.24, 2.45) is 0 Å². The molecule has 0 saturated heterocycles. The van der Waals surface area contributed by atoms with Gasteiger partial charge in [-0.15, -0.1) is 0 Å². The summed E-state index contributed by atoms with van der Waals surface area (Å²) in [6.07, 6.45) is 0. The minimum absolute atomic E-state index is 0.110. The Morgan fingerprint density at radius 2 is 1.57 bits per heavy atom. The van der Waals surface area contributed by atoms with Crippen molar-refractivity contribution in [3.05, 3.63) is 70.4 Å². The van der Waals surface area contributed by atoms with Gasteiger partial charge in [-0.1, -0.05) is 18.2 Å². The van der Waals surface area contributed by atoms with Crippen LogP contribution in [0.25, 0.3) is 32.7 Å². The first kappa shape index (κ1) is 12.0. The fourth-order valence-corrected chi connectivity index (χ4v) is 2.59. The molecule has 0 unspecified atom stereocenters. The Morgan fingerprint density at radius 3 is 2.43 bits per heavy atom. The Morgan fingerprint density at radius 1 is 0.810 bits per heavy atom. The monoisotopic (exact) mass is 282 g/mol. The minimum Gasteiger partial charge on any atom is -0.456 e. The average Bonchev–Trinajstić information content (AvgIpc) is 2.46. The molecule has 4 rings (SSSR count). The number of hydrogen-bond acceptors (Lipinski definition) is 2. The van der Waals surface area contributed by atoms with Crippen molar-refractivity contribution in [3.8, 4) is 0 Å². The third-order valence-electron chi connectivity index (χ3n) is 3.59. The van der Waals surface area contributed by atoms with Crippen molar-refractivity contribution in [3.63, 3.8) is 0 Å². The van der Waals surface area contributed by atoms with Crippen LogP contribution in [-0.2, 0) is 0 Å². The van der Waals surface area contributed by atoms with E-state index in [1.165, 1.54) is 30.3 Å². The van der Waals surface area contributed by atoms with Gasteiger partial charge in [-0.3, -0.25) is 4.79 Å². The predicted octanol–water partition coefficient (Wildman–Crippen LogP) is 4.38. The number of fused-ring (bicyclic) bond motifs is 3. The highest BCUT2D eigenvalue weighted by Crippen LogP contribution is 2.26. The highest BCUT2D eigenvalue weighted by molar-refractivity contribution is 5.99. The lowest BCUT2D eigenvalue weighted by molar-refractivity contribution is 0.625. The van der Waals surface area contributed by atoms with Crippen LogP contribution in [0.1, 0.15) is 0 Å². The average molecular weight is 282 g/mol. The lowest BCUT2D eigenvalue weighted by atomic mass is 10.1. The highest BCUT2D eigenvalue weighted by Gasteiger charge is 2.13. The third kappa shape index (κ3) is 1.65. The van der Waals surface area contributed by atoms with Crippen LogP contribution in [0.4, 0.5) is 8.78 Å². The predicted molar refractivity (Wildman–Crippen MR) is 77.4 cm³/mol. The molecule has 3 aromatic carbocycles. The number of benzene rings is 3. The molecule has 0 aliphatic rings. The maximum atomic E-state index is 13.8. The molecular weight excluding hydrogens is 274 g/mol. The molecule has 0 aliphatic heterocycles. The van der Waals surface area contributed by atoms with Crippen LogP contribution in [0.5, 0.6) is 0 Å². The van der Waals surface area contributed by atoms with Crippen LogP contribution in [0.3, 0.4) is 0 Å². The molecule has 1 aromatic heterocycles. The third-order valence-corrected chi connectivity index (χ3v) is 3.59. The number of hydrogen-bond donors (Lipinski definition) is 0.